The molecule has 1 aliphatic heterocycles. The molecule has 0 unspecified atom stereocenters. The van der Waals surface area contributed by atoms with Gasteiger partial charge in [0, 0.05) is 41.9 Å². The van der Waals surface area contributed by atoms with Crippen molar-refractivity contribution >= 4 is 16.7 Å². The average molecular weight is 399 g/mol. The van der Waals surface area contributed by atoms with Crippen molar-refractivity contribution in [2.24, 2.45) is 7.05 Å². The van der Waals surface area contributed by atoms with Gasteiger partial charge >= 0.3 is 0 Å². The van der Waals surface area contributed by atoms with E-state index < -0.39 is 18.2 Å². The van der Waals surface area contributed by atoms with E-state index in [2.05, 4.69) is 25.3 Å². The first-order valence-electron chi connectivity index (χ1n) is 9.02. The van der Waals surface area contributed by atoms with Crippen LogP contribution in [0.5, 0.6) is 0 Å². The number of rotatable bonds is 3. The molecule has 0 bridgehead atoms. The van der Waals surface area contributed by atoms with Gasteiger partial charge in [0.2, 0.25) is 0 Å². The monoisotopic (exact) mass is 399 g/mol. The zero-order valence-electron chi connectivity index (χ0n) is 15.4. The highest BCUT2D eigenvalue weighted by Gasteiger charge is 2.33. The molecular weight excluding hydrogens is 383 g/mol. The lowest BCUT2D eigenvalue weighted by molar-refractivity contribution is 0.217. The topological polar surface area (TPSA) is 75.5 Å². The Kier molecular flexibility index (Phi) is 4.00. The molecule has 2 atom stereocenters. The third kappa shape index (κ3) is 3.00. The smallest absolute Gasteiger partial charge is 0.150 e. The van der Waals surface area contributed by atoms with Crippen LogP contribution in [-0.2, 0) is 7.05 Å². The second-order valence-corrected chi connectivity index (χ2v) is 7.05. The summed E-state index contributed by atoms with van der Waals surface area (Å²) in [4.78, 5) is 9.92. The Labute approximate surface area is 163 Å². The van der Waals surface area contributed by atoms with Crippen LogP contribution < -0.4 is 4.90 Å². The zero-order chi connectivity index (χ0) is 20.1. The maximum atomic E-state index is 14.6. The molecule has 0 radical (unpaired) electrons. The molecule has 10 heteroatoms. The van der Waals surface area contributed by atoms with Crippen molar-refractivity contribution in [2.75, 3.05) is 18.0 Å². The van der Waals surface area contributed by atoms with Gasteiger partial charge in [0.05, 0.1) is 30.5 Å². The number of aromatic amines is 1. The molecule has 0 amide bonds. The maximum Gasteiger partial charge on any atom is 0.150 e. The Morgan fingerprint density at radius 3 is 2.62 bits per heavy atom. The fraction of sp³-hybridized carbons (Fsp3) is 0.263. The molecule has 5 rings (SSSR count). The van der Waals surface area contributed by atoms with Crippen molar-refractivity contribution in [3.63, 3.8) is 0 Å². The lowest BCUT2D eigenvalue weighted by Crippen LogP contribution is -2.21. The highest BCUT2D eigenvalue weighted by molar-refractivity contribution is 5.95. The van der Waals surface area contributed by atoms with Crippen molar-refractivity contribution in [2.45, 2.75) is 12.3 Å². The van der Waals surface area contributed by atoms with Crippen LogP contribution in [0.25, 0.3) is 33.4 Å². The molecule has 3 aromatic heterocycles. The summed E-state index contributed by atoms with van der Waals surface area (Å²) in [7, 11) is 1.76. The predicted molar refractivity (Wildman–Crippen MR) is 101 cm³/mol. The molecule has 0 saturated carbocycles. The summed E-state index contributed by atoms with van der Waals surface area (Å²) in [5.74, 6) is 0.0210. The van der Waals surface area contributed by atoms with Crippen LogP contribution >= 0.6 is 0 Å². The number of nitrogens with zero attached hydrogens (tertiary/aromatic N) is 6. The van der Waals surface area contributed by atoms with E-state index in [0.717, 1.165) is 0 Å². The van der Waals surface area contributed by atoms with Crippen molar-refractivity contribution in [1.82, 2.24) is 29.9 Å². The van der Waals surface area contributed by atoms with Gasteiger partial charge in [-0.15, -0.1) is 0 Å². The van der Waals surface area contributed by atoms with Gasteiger partial charge in [-0.25, -0.2) is 23.1 Å². The third-order valence-electron chi connectivity index (χ3n) is 5.07. The Hall–Kier alpha value is -3.43. The van der Waals surface area contributed by atoms with Gasteiger partial charge in [-0.2, -0.15) is 10.2 Å². The first kappa shape index (κ1) is 17.7. The van der Waals surface area contributed by atoms with Crippen molar-refractivity contribution in [3.05, 3.63) is 42.7 Å². The molecular formula is C19H16F3N7. The number of benzene rings is 1. The van der Waals surface area contributed by atoms with Crippen LogP contribution in [0.3, 0.4) is 0 Å². The van der Waals surface area contributed by atoms with Crippen molar-refractivity contribution < 1.29 is 13.2 Å². The summed E-state index contributed by atoms with van der Waals surface area (Å²) in [5.41, 5.74) is 2.52. The highest BCUT2D eigenvalue weighted by Crippen LogP contribution is 2.33. The fourth-order valence-electron chi connectivity index (χ4n) is 3.58. The number of aryl methyl sites for hydroxylation is 1. The average Bonchev–Trinajstić information content (AvgIpc) is 3.40. The van der Waals surface area contributed by atoms with Crippen molar-refractivity contribution in [1.29, 1.82) is 0 Å². The summed E-state index contributed by atoms with van der Waals surface area (Å²) in [6.07, 6.45) is 1.56. The SMILES string of the molecule is Cn1cc(-c2cc3c(-c4cc(N5C[C@@H](F)[C@H](F)C5)ncn4)n[nH]c3cc2F)cn1. The number of aromatic nitrogens is 6. The number of hydrogen-bond donors (Lipinski definition) is 1. The Bertz CT molecular complexity index is 1190. The minimum absolute atomic E-state index is 0.0602. The summed E-state index contributed by atoms with van der Waals surface area (Å²) in [5, 5.41) is 11.8. The summed E-state index contributed by atoms with van der Waals surface area (Å²) < 4.78 is 43.3. The number of H-pyrrole nitrogens is 1. The fourth-order valence-corrected chi connectivity index (χ4v) is 3.58. The molecule has 1 fully saturated rings. The van der Waals surface area contributed by atoms with Crippen LogP contribution in [-0.4, -0.2) is 55.4 Å². The van der Waals surface area contributed by atoms with E-state index in [4.69, 9.17) is 0 Å². The first-order chi connectivity index (χ1) is 14.0. The number of anilines is 1. The standard InChI is InChI=1S/C19H16F3N7/c1-28-6-10(5-25-28)11-2-12-16(3-13(11)20)26-27-19(12)17-4-18(24-9-23-17)29-7-14(21)15(22)8-29/h2-6,9,14-15H,7-8H2,1H3,(H,26,27)/t14-,15-/m1/s1. The summed E-state index contributed by atoms with van der Waals surface area (Å²) in [6.45, 7) is -0.120. The van der Waals surface area contributed by atoms with Gasteiger partial charge in [-0.3, -0.25) is 9.78 Å². The minimum Gasteiger partial charge on any atom is -0.350 e. The van der Waals surface area contributed by atoms with E-state index in [1.165, 1.54) is 17.3 Å². The van der Waals surface area contributed by atoms with E-state index in [-0.39, 0.29) is 13.1 Å². The second kappa shape index (κ2) is 6.57. The number of hydrogen-bond acceptors (Lipinski definition) is 5. The van der Waals surface area contributed by atoms with E-state index in [1.54, 1.807) is 36.3 Å². The number of halogens is 3. The van der Waals surface area contributed by atoms with Crippen LogP contribution in [0.2, 0.25) is 0 Å². The van der Waals surface area contributed by atoms with Gasteiger partial charge in [-0.1, -0.05) is 0 Å². The molecule has 7 nitrogen and oxygen atoms in total. The van der Waals surface area contributed by atoms with E-state index >= 15 is 0 Å². The first-order valence-corrected chi connectivity index (χ1v) is 9.02. The maximum absolute atomic E-state index is 14.6. The van der Waals surface area contributed by atoms with Crippen LogP contribution in [0.15, 0.2) is 36.9 Å². The van der Waals surface area contributed by atoms with E-state index in [1.807, 2.05) is 0 Å². The molecule has 4 heterocycles. The summed E-state index contributed by atoms with van der Waals surface area (Å²) in [6, 6.07) is 4.69. The highest BCUT2D eigenvalue weighted by atomic mass is 19.2. The normalized spacial score (nSPS) is 19.4. The van der Waals surface area contributed by atoms with Crippen LogP contribution in [0, 0.1) is 5.82 Å². The molecule has 1 aliphatic rings. The molecule has 29 heavy (non-hydrogen) atoms. The molecule has 148 valence electrons. The Balaban J connectivity index is 1.58. The lowest BCUT2D eigenvalue weighted by atomic mass is 10.0. The zero-order valence-corrected chi connectivity index (χ0v) is 15.4. The molecule has 4 aromatic rings. The van der Waals surface area contributed by atoms with Crippen LogP contribution in [0.4, 0.5) is 19.0 Å². The van der Waals surface area contributed by atoms with Gasteiger partial charge in [0.25, 0.3) is 0 Å². The molecule has 1 N–H and O–H groups in total. The predicted octanol–water partition coefficient (Wildman–Crippen LogP) is 3.06. The third-order valence-corrected chi connectivity index (χ3v) is 5.07. The largest absolute Gasteiger partial charge is 0.350 e. The second-order valence-electron chi connectivity index (χ2n) is 7.05. The number of nitrogens with one attached hydrogen (secondary N) is 1. The van der Waals surface area contributed by atoms with E-state index in [9.17, 15) is 13.2 Å². The van der Waals surface area contributed by atoms with Gasteiger partial charge < -0.3 is 4.90 Å². The molecule has 0 spiro atoms. The van der Waals surface area contributed by atoms with Crippen molar-refractivity contribution in [3.8, 4) is 22.5 Å². The molecule has 0 aliphatic carbocycles. The van der Waals surface area contributed by atoms with Gasteiger partial charge in [0.15, 0.2) is 12.3 Å². The minimum atomic E-state index is -1.54. The Morgan fingerprint density at radius 2 is 1.90 bits per heavy atom. The van der Waals surface area contributed by atoms with E-state index in [0.29, 0.717) is 39.2 Å². The number of alkyl halides is 2. The van der Waals surface area contributed by atoms with Gasteiger partial charge in [0.1, 0.15) is 23.7 Å². The summed E-state index contributed by atoms with van der Waals surface area (Å²) >= 11 is 0. The number of fused-ring (bicyclic) bond motifs is 1. The van der Waals surface area contributed by atoms with Gasteiger partial charge in [-0.05, 0) is 6.07 Å². The Morgan fingerprint density at radius 1 is 1.10 bits per heavy atom. The molecule has 1 saturated heterocycles. The lowest BCUT2D eigenvalue weighted by Gasteiger charge is -2.15. The quantitative estimate of drug-likeness (QED) is 0.573. The molecule has 1 aromatic carbocycles. The van der Waals surface area contributed by atoms with Crippen LogP contribution in [0.1, 0.15) is 0 Å².